The van der Waals surface area contributed by atoms with E-state index in [2.05, 4.69) is 27.1 Å². The molecule has 3 heterocycles. The van der Waals surface area contributed by atoms with E-state index in [1.54, 1.807) is 12.3 Å². The van der Waals surface area contributed by atoms with Crippen molar-refractivity contribution in [2.75, 3.05) is 23.3 Å². The number of carbonyl (C=O) groups excluding carboxylic acids is 1. The Morgan fingerprint density at radius 3 is 2.87 bits per heavy atom. The van der Waals surface area contributed by atoms with Gasteiger partial charge in [0.25, 0.3) is 0 Å². The van der Waals surface area contributed by atoms with Crippen LogP contribution in [0.25, 0.3) is 0 Å². The lowest BCUT2D eigenvalue weighted by Crippen LogP contribution is -2.29. The first-order valence-corrected chi connectivity index (χ1v) is 7.68. The fourth-order valence-corrected chi connectivity index (χ4v) is 2.89. The smallest absolute Gasteiger partial charge is 0.230 e. The van der Waals surface area contributed by atoms with E-state index in [4.69, 9.17) is 0 Å². The normalized spacial score (nSPS) is 20.5. The topological polar surface area (TPSA) is 78.4 Å². The standard InChI is InChI=1S/C17H20N4O2/c1-11-9-21(15-5-3-4-8-18-15)10-13(11)17(23)20-16-14(22)7-6-12(2)19-16/h3-8,11,13,22H,9-10H2,1-2H3,(H,19,20,23)/t11-,13-/m1/s1. The van der Waals surface area contributed by atoms with Gasteiger partial charge in [0.15, 0.2) is 11.6 Å². The molecule has 2 N–H and O–H groups in total. The van der Waals surface area contributed by atoms with E-state index < -0.39 is 0 Å². The summed E-state index contributed by atoms with van der Waals surface area (Å²) in [7, 11) is 0. The highest BCUT2D eigenvalue weighted by molar-refractivity contribution is 5.93. The molecule has 1 aliphatic rings. The van der Waals surface area contributed by atoms with Gasteiger partial charge in [-0.3, -0.25) is 4.79 Å². The Balaban J connectivity index is 1.71. The zero-order chi connectivity index (χ0) is 16.4. The molecule has 6 heteroatoms. The molecule has 1 amide bonds. The quantitative estimate of drug-likeness (QED) is 0.908. The monoisotopic (exact) mass is 312 g/mol. The number of rotatable bonds is 3. The van der Waals surface area contributed by atoms with Crippen LogP contribution in [0.2, 0.25) is 0 Å². The lowest BCUT2D eigenvalue weighted by Gasteiger charge is -2.17. The van der Waals surface area contributed by atoms with Crippen LogP contribution in [-0.2, 0) is 4.79 Å². The number of pyridine rings is 2. The number of aryl methyl sites for hydroxylation is 1. The molecule has 0 spiro atoms. The molecule has 0 saturated carbocycles. The van der Waals surface area contributed by atoms with Gasteiger partial charge in [0, 0.05) is 25.0 Å². The summed E-state index contributed by atoms with van der Waals surface area (Å²) in [5.74, 6) is 0.993. The van der Waals surface area contributed by atoms with E-state index in [1.165, 1.54) is 6.07 Å². The van der Waals surface area contributed by atoms with Crippen molar-refractivity contribution in [3.63, 3.8) is 0 Å². The minimum atomic E-state index is -0.168. The van der Waals surface area contributed by atoms with Gasteiger partial charge < -0.3 is 15.3 Å². The lowest BCUT2D eigenvalue weighted by atomic mass is 9.97. The number of nitrogens with one attached hydrogen (secondary N) is 1. The van der Waals surface area contributed by atoms with Gasteiger partial charge in [0.05, 0.1) is 5.92 Å². The predicted octanol–water partition coefficient (Wildman–Crippen LogP) is 2.20. The number of anilines is 2. The molecule has 1 saturated heterocycles. The molecule has 6 nitrogen and oxygen atoms in total. The molecule has 0 bridgehead atoms. The Kier molecular flexibility index (Phi) is 4.14. The van der Waals surface area contributed by atoms with E-state index >= 15 is 0 Å². The second kappa shape index (κ2) is 6.24. The molecule has 0 radical (unpaired) electrons. The highest BCUT2D eigenvalue weighted by atomic mass is 16.3. The zero-order valence-corrected chi connectivity index (χ0v) is 13.2. The Bertz CT molecular complexity index is 705. The third-order valence-electron chi connectivity index (χ3n) is 4.18. The summed E-state index contributed by atoms with van der Waals surface area (Å²) in [5.41, 5.74) is 0.743. The summed E-state index contributed by atoms with van der Waals surface area (Å²) in [5, 5.41) is 12.6. The molecule has 1 aliphatic heterocycles. The largest absolute Gasteiger partial charge is 0.504 e. The Labute approximate surface area is 135 Å². The lowest BCUT2D eigenvalue weighted by molar-refractivity contribution is -0.120. The van der Waals surface area contributed by atoms with E-state index in [-0.39, 0.29) is 29.3 Å². The maximum atomic E-state index is 12.6. The van der Waals surface area contributed by atoms with Gasteiger partial charge in [0.2, 0.25) is 5.91 Å². The molecule has 3 rings (SSSR count). The summed E-state index contributed by atoms with van der Waals surface area (Å²) in [6.07, 6.45) is 1.75. The van der Waals surface area contributed by atoms with Crippen molar-refractivity contribution in [2.45, 2.75) is 13.8 Å². The molecule has 120 valence electrons. The molecule has 2 atom stereocenters. The second-order valence-corrected chi connectivity index (χ2v) is 5.99. The van der Waals surface area contributed by atoms with E-state index in [0.29, 0.717) is 6.54 Å². The number of hydrogen-bond donors (Lipinski definition) is 2. The van der Waals surface area contributed by atoms with Crippen LogP contribution in [0, 0.1) is 18.8 Å². The van der Waals surface area contributed by atoms with Crippen molar-refractivity contribution >= 4 is 17.5 Å². The molecule has 1 fully saturated rings. The van der Waals surface area contributed by atoms with E-state index in [0.717, 1.165) is 18.1 Å². The van der Waals surface area contributed by atoms with Crippen LogP contribution in [0.3, 0.4) is 0 Å². The van der Waals surface area contributed by atoms with Gasteiger partial charge in [-0.2, -0.15) is 0 Å². The van der Waals surface area contributed by atoms with Gasteiger partial charge in [-0.05, 0) is 37.1 Å². The van der Waals surface area contributed by atoms with Crippen molar-refractivity contribution in [1.82, 2.24) is 9.97 Å². The summed E-state index contributed by atoms with van der Waals surface area (Å²) < 4.78 is 0. The average molecular weight is 312 g/mol. The predicted molar refractivity (Wildman–Crippen MR) is 88.4 cm³/mol. The van der Waals surface area contributed by atoms with Crippen molar-refractivity contribution in [3.8, 4) is 5.75 Å². The first-order valence-electron chi connectivity index (χ1n) is 7.68. The molecule has 0 aromatic carbocycles. The number of hydrogen-bond acceptors (Lipinski definition) is 5. The highest BCUT2D eigenvalue weighted by Crippen LogP contribution is 2.29. The number of aromatic hydroxyl groups is 1. The first-order chi connectivity index (χ1) is 11.0. The Morgan fingerprint density at radius 2 is 2.13 bits per heavy atom. The third kappa shape index (κ3) is 3.26. The van der Waals surface area contributed by atoms with E-state index in [9.17, 15) is 9.90 Å². The number of carbonyl (C=O) groups is 1. The fraction of sp³-hybridized carbons (Fsp3) is 0.353. The molecule has 0 aliphatic carbocycles. The maximum absolute atomic E-state index is 12.6. The van der Waals surface area contributed by atoms with Gasteiger partial charge in [-0.1, -0.05) is 13.0 Å². The van der Waals surface area contributed by atoms with Gasteiger partial charge in [0.1, 0.15) is 5.82 Å². The van der Waals surface area contributed by atoms with Crippen molar-refractivity contribution in [1.29, 1.82) is 0 Å². The van der Waals surface area contributed by atoms with Crippen molar-refractivity contribution in [3.05, 3.63) is 42.2 Å². The summed E-state index contributed by atoms with van der Waals surface area (Å²) in [6, 6.07) is 9.00. The zero-order valence-electron chi connectivity index (χ0n) is 13.2. The number of nitrogens with zero attached hydrogens (tertiary/aromatic N) is 3. The average Bonchev–Trinajstić information content (AvgIpc) is 2.94. The molecular formula is C17H20N4O2. The van der Waals surface area contributed by atoms with E-state index in [1.807, 2.05) is 25.1 Å². The van der Waals surface area contributed by atoms with Crippen LogP contribution in [0.15, 0.2) is 36.5 Å². The molecule has 2 aromatic heterocycles. The fourth-order valence-electron chi connectivity index (χ4n) is 2.89. The van der Waals surface area contributed by atoms with Crippen molar-refractivity contribution < 1.29 is 9.90 Å². The number of aromatic nitrogens is 2. The molecular weight excluding hydrogens is 292 g/mol. The highest BCUT2D eigenvalue weighted by Gasteiger charge is 2.35. The molecule has 2 aromatic rings. The second-order valence-electron chi connectivity index (χ2n) is 5.99. The molecule has 0 unspecified atom stereocenters. The molecule has 23 heavy (non-hydrogen) atoms. The summed E-state index contributed by atoms with van der Waals surface area (Å²) in [6.45, 7) is 5.26. The van der Waals surface area contributed by atoms with Gasteiger partial charge in [-0.25, -0.2) is 9.97 Å². The minimum absolute atomic E-state index is 0.0174. The van der Waals surface area contributed by atoms with Crippen LogP contribution < -0.4 is 10.2 Å². The first kappa shape index (κ1) is 15.3. The third-order valence-corrected chi connectivity index (χ3v) is 4.18. The maximum Gasteiger partial charge on any atom is 0.230 e. The SMILES string of the molecule is Cc1ccc(O)c(NC(=O)[C@@H]2CN(c3ccccn3)C[C@H]2C)n1. The summed E-state index contributed by atoms with van der Waals surface area (Å²) in [4.78, 5) is 23.2. The Morgan fingerprint density at radius 1 is 1.30 bits per heavy atom. The summed E-state index contributed by atoms with van der Waals surface area (Å²) >= 11 is 0. The minimum Gasteiger partial charge on any atom is -0.504 e. The van der Waals surface area contributed by atoms with Crippen LogP contribution >= 0.6 is 0 Å². The Hall–Kier alpha value is -2.63. The van der Waals surface area contributed by atoms with Crippen LogP contribution in [-0.4, -0.2) is 34.1 Å². The van der Waals surface area contributed by atoms with Crippen LogP contribution in [0.4, 0.5) is 11.6 Å². The van der Waals surface area contributed by atoms with Gasteiger partial charge in [-0.15, -0.1) is 0 Å². The van der Waals surface area contributed by atoms with Crippen LogP contribution in [0.1, 0.15) is 12.6 Å². The van der Waals surface area contributed by atoms with Gasteiger partial charge >= 0.3 is 0 Å². The number of amides is 1. The van der Waals surface area contributed by atoms with Crippen molar-refractivity contribution in [2.24, 2.45) is 11.8 Å². The van der Waals surface area contributed by atoms with Crippen LogP contribution in [0.5, 0.6) is 5.75 Å².